The molecule has 0 aromatic carbocycles. The molecule has 1 heterocycles. The molecule has 0 bridgehead atoms. The minimum atomic E-state index is -1.13. The molecule has 0 saturated carbocycles. The summed E-state index contributed by atoms with van der Waals surface area (Å²) < 4.78 is 21.1. The Morgan fingerprint density at radius 3 is 2.19 bits per heavy atom. The second kappa shape index (κ2) is 10.3. The SMILES string of the molecule is CC(=O)OCC1O[C@H](NC(=O)CN=[N+]=[N-])[C@@H](OC(C)=O)C(C)[C@H]1OC(C)=O. The molecule has 0 spiro atoms. The van der Waals surface area contributed by atoms with E-state index in [9.17, 15) is 19.2 Å². The van der Waals surface area contributed by atoms with Gasteiger partial charge in [-0.2, -0.15) is 0 Å². The van der Waals surface area contributed by atoms with Gasteiger partial charge in [0.05, 0.1) is 0 Å². The van der Waals surface area contributed by atoms with Crippen LogP contribution in [0.1, 0.15) is 27.7 Å². The fraction of sp³-hybridized carbons (Fsp3) is 0.733. The van der Waals surface area contributed by atoms with Gasteiger partial charge in [0.25, 0.3) is 0 Å². The summed E-state index contributed by atoms with van der Waals surface area (Å²) in [5.74, 6) is -3.07. The standard InChI is InChI=1S/C15H22N4O8/c1-7-13(25-9(3)21)11(6-24-8(2)20)27-15(14(7)26-10(4)22)18-12(23)5-17-19-16/h7,11,13-15H,5-6H2,1-4H3,(H,18,23)/t7?,11?,13-,14+,15+/m1/s1. The zero-order chi connectivity index (χ0) is 20.6. The van der Waals surface area contributed by atoms with Gasteiger partial charge in [0.15, 0.2) is 12.3 Å². The fourth-order valence-electron chi connectivity index (χ4n) is 2.63. The second-order valence-corrected chi connectivity index (χ2v) is 5.86. The van der Waals surface area contributed by atoms with Crippen molar-refractivity contribution in [1.82, 2.24) is 5.32 Å². The molecule has 1 saturated heterocycles. The molecule has 0 aromatic heterocycles. The van der Waals surface area contributed by atoms with Crippen molar-refractivity contribution < 1.29 is 38.1 Å². The molecule has 5 atom stereocenters. The third-order valence-electron chi connectivity index (χ3n) is 3.66. The van der Waals surface area contributed by atoms with E-state index in [-0.39, 0.29) is 6.61 Å². The summed E-state index contributed by atoms with van der Waals surface area (Å²) in [6.07, 6.45) is -3.92. The van der Waals surface area contributed by atoms with Crippen LogP contribution in [0.5, 0.6) is 0 Å². The summed E-state index contributed by atoms with van der Waals surface area (Å²) in [5.41, 5.74) is 8.30. The molecule has 1 rings (SSSR count). The van der Waals surface area contributed by atoms with Crippen LogP contribution in [-0.4, -0.2) is 61.5 Å². The quantitative estimate of drug-likeness (QED) is 0.213. The van der Waals surface area contributed by atoms with Crippen LogP contribution in [0.25, 0.3) is 10.4 Å². The summed E-state index contributed by atoms with van der Waals surface area (Å²) in [6.45, 7) is 4.49. The Hall–Kier alpha value is -2.85. The maximum Gasteiger partial charge on any atom is 0.303 e. The van der Waals surface area contributed by atoms with E-state index in [1.165, 1.54) is 20.8 Å². The number of azide groups is 1. The minimum absolute atomic E-state index is 0.243. The van der Waals surface area contributed by atoms with E-state index in [1.54, 1.807) is 6.92 Å². The number of nitrogens with zero attached hydrogens (tertiary/aromatic N) is 3. The Kier molecular flexibility index (Phi) is 8.49. The van der Waals surface area contributed by atoms with Crippen LogP contribution in [0.15, 0.2) is 5.11 Å². The van der Waals surface area contributed by atoms with E-state index in [4.69, 9.17) is 24.5 Å². The molecule has 1 amide bonds. The average Bonchev–Trinajstić information content (AvgIpc) is 2.56. The Morgan fingerprint density at radius 1 is 1.07 bits per heavy atom. The number of nitrogens with one attached hydrogen (secondary N) is 1. The number of carbonyl (C=O) groups is 4. The fourth-order valence-corrected chi connectivity index (χ4v) is 2.63. The maximum absolute atomic E-state index is 11.9. The predicted octanol–water partition coefficient (Wildman–Crippen LogP) is 0.200. The monoisotopic (exact) mass is 386 g/mol. The number of esters is 3. The van der Waals surface area contributed by atoms with Crippen molar-refractivity contribution in [3.63, 3.8) is 0 Å². The number of hydrogen-bond acceptors (Lipinski definition) is 9. The number of hydrogen-bond donors (Lipinski definition) is 1. The molecule has 1 aliphatic heterocycles. The van der Waals surface area contributed by atoms with Gasteiger partial charge >= 0.3 is 17.9 Å². The molecule has 1 N–H and O–H groups in total. The van der Waals surface area contributed by atoms with E-state index in [0.717, 1.165) is 0 Å². The lowest BCUT2D eigenvalue weighted by Gasteiger charge is -2.44. The van der Waals surface area contributed by atoms with Crippen molar-refractivity contribution in [1.29, 1.82) is 0 Å². The van der Waals surface area contributed by atoms with E-state index in [1.807, 2.05) is 0 Å². The van der Waals surface area contributed by atoms with E-state index in [2.05, 4.69) is 15.3 Å². The first-order valence-electron chi connectivity index (χ1n) is 8.09. The molecule has 27 heavy (non-hydrogen) atoms. The molecule has 0 aromatic rings. The van der Waals surface area contributed by atoms with Gasteiger partial charge in [-0.05, 0) is 5.53 Å². The maximum atomic E-state index is 11.9. The van der Waals surface area contributed by atoms with Crippen molar-refractivity contribution >= 4 is 23.8 Å². The Labute approximate surface area is 155 Å². The molecule has 0 radical (unpaired) electrons. The average molecular weight is 386 g/mol. The van der Waals surface area contributed by atoms with Crippen LogP contribution >= 0.6 is 0 Å². The molecule has 12 heteroatoms. The Bertz CT molecular complexity index is 631. The third kappa shape index (κ3) is 7.12. The molecule has 1 fully saturated rings. The lowest BCUT2D eigenvalue weighted by atomic mass is 9.89. The third-order valence-corrected chi connectivity index (χ3v) is 3.66. The van der Waals surface area contributed by atoms with Crippen LogP contribution in [-0.2, 0) is 38.1 Å². The smallest absolute Gasteiger partial charge is 0.303 e. The van der Waals surface area contributed by atoms with Gasteiger partial charge in [-0.25, -0.2) is 0 Å². The Morgan fingerprint density at radius 2 is 1.67 bits per heavy atom. The number of amides is 1. The zero-order valence-electron chi connectivity index (χ0n) is 15.4. The largest absolute Gasteiger partial charge is 0.463 e. The van der Waals surface area contributed by atoms with Crippen LogP contribution in [0.2, 0.25) is 0 Å². The van der Waals surface area contributed by atoms with E-state index in [0.29, 0.717) is 0 Å². The minimum Gasteiger partial charge on any atom is -0.463 e. The first kappa shape index (κ1) is 22.2. The molecular weight excluding hydrogens is 364 g/mol. The van der Waals surface area contributed by atoms with Gasteiger partial charge in [-0.3, -0.25) is 19.2 Å². The van der Waals surface area contributed by atoms with Gasteiger partial charge < -0.3 is 24.3 Å². The van der Waals surface area contributed by atoms with Crippen molar-refractivity contribution in [2.75, 3.05) is 13.2 Å². The van der Waals surface area contributed by atoms with Crippen LogP contribution in [0.4, 0.5) is 0 Å². The van der Waals surface area contributed by atoms with Crippen LogP contribution in [0, 0.1) is 5.92 Å². The number of rotatable bonds is 7. The zero-order valence-corrected chi connectivity index (χ0v) is 15.4. The highest BCUT2D eigenvalue weighted by molar-refractivity contribution is 5.78. The van der Waals surface area contributed by atoms with E-state index < -0.39 is 60.8 Å². The normalized spacial score (nSPS) is 26.9. The lowest BCUT2D eigenvalue weighted by Crippen LogP contribution is -2.62. The van der Waals surface area contributed by atoms with Crippen molar-refractivity contribution in [2.45, 2.75) is 52.2 Å². The van der Waals surface area contributed by atoms with E-state index >= 15 is 0 Å². The second-order valence-electron chi connectivity index (χ2n) is 5.86. The predicted molar refractivity (Wildman–Crippen MR) is 87.7 cm³/mol. The first-order chi connectivity index (χ1) is 12.6. The van der Waals surface area contributed by atoms with Crippen molar-refractivity contribution in [3.8, 4) is 0 Å². The highest BCUT2D eigenvalue weighted by Gasteiger charge is 2.48. The van der Waals surface area contributed by atoms with Gasteiger partial charge in [0, 0.05) is 31.6 Å². The van der Waals surface area contributed by atoms with Crippen LogP contribution in [0.3, 0.4) is 0 Å². The molecule has 1 aliphatic rings. The van der Waals surface area contributed by atoms with Crippen molar-refractivity contribution in [3.05, 3.63) is 10.4 Å². The summed E-state index contributed by atoms with van der Waals surface area (Å²) in [5, 5.41) is 5.59. The van der Waals surface area contributed by atoms with Gasteiger partial charge in [-0.15, -0.1) is 0 Å². The molecule has 2 unspecified atom stereocenters. The number of ether oxygens (including phenoxy) is 4. The van der Waals surface area contributed by atoms with Crippen LogP contribution < -0.4 is 5.32 Å². The summed E-state index contributed by atoms with van der Waals surface area (Å²) in [4.78, 5) is 48.4. The number of carbonyl (C=O) groups excluding carboxylic acids is 4. The van der Waals surface area contributed by atoms with Crippen molar-refractivity contribution in [2.24, 2.45) is 11.0 Å². The highest BCUT2D eigenvalue weighted by atomic mass is 16.6. The summed E-state index contributed by atoms with van der Waals surface area (Å²) in [7, 11) is 0. The summed E-state index contributed by atoms with van der Waals surface area (Å²) in [6, 6.07) is 0. The molecular formula is C15H22N4O8. The first-order valence-corrected chi connectivity index (χ1v) is 8.09. The topological polar surface area (TPSA) is 166 Å². The van der Waals surface area contributed by atoms with Gasteiger partial charge in [0.1, 0.15) is 25.4 Å². The lowest BCUT2D eigenvalue weighted by molar-refractivity contribution is -0.234. The Balaban J connectivity index is 3.07. The molecule has 150 valence electrons. The molecule has 12 nitrogen and oxygen atoms in total. The van der Waals surface area contributed by atoms with Gasteiger partial charge in [-0.1, -0.05) is 12.0 Å². The van der Waals surface area contributed by atoms with Gasteiger partial charge in [0.2, 0.25) is 5.91 Å². The summed E-state index contributed by atoms with van der Waals surface area (Å²) >= 11 is 0. The highest BCUT2D eigenvalue weighted by Crippen LogP contribution is 2.30. The molecule has 0 aliphatic carbocycles.